The number of H-pyrrole nitrogens is 1. The summed E-state index contributed by atoms with van der Waals surface area (Å²) < 4.78 is 5.69. The predicted molar refractivity (Wildman–Crippen MR) is 114 cm³/mol. The SMILES string of the molecule is C=CCN1CCc2ccc(C3C(C#N)=C(N)Oc4n[nH]c(-c5cccs5)c43)cc21. The lowest BCUT2D eigenvalue weighted by molar-refractivity contribution is 0.379. The zero-order chi connectivity index (χ0) is 20.0. The van der Waals surface area contributed by atoms with Gasteiger partial charge in [0.1, 0.15) is 11.6 Å². The lowest BCUT2D eigenvalue weighted by Crippen LogP contribution is -2.22. The van der Waals surface area contributed by atoms with Crippen molar-refractivity contribution in [3.8, 4) is 22.5 Å². The molecule has 6 nitrogen and oxygen atoms in total. The quantitative estimate of drug-likeness (QED) is 0.647. The fourth-order valence-corrected chi connectivity index (χ4v) is 4.91. The third-order valence-electron chi connectivity index (χ3n) is 5.49. The molecule has 0 bridgehead atoms. The number of benzene rings is 1. The minimum absolute atomic E-state index is 0.109. The van der Waals surface area contributed by atoms with Gasteiger partial charge in [0.15, 0.2) is 0 Å². The Labute approximate surface area is 172 Å². The highest BCUT2D eigenvalue weighted by Crippen LogP contribution is 2.47. The molecule has 0 spiro atoms. The highest BCUT2D eigenvalue weighted by atomic mass is 32.1. The van der Waals surface area contributed by atoms with Gasteiger partial charge in [0, 0.05) is 18.8 Å². The van der Waals surface area contributed by atoms with Crippen LogP contribution in [0, 0.1) is 11.3 Å². The summed E-state index contributed by atoms with van der Waals surface area (Å²) in [4.78, 5) is 3.35. The van der Waals surface area contributed by atoms with Crippen molar-refractivity contribution in [2.75, 3.05) is 18.0 Å². The van der Waals surface area contributed by atoms with Crippen molar-refractivity contribution in [1.82, 2.24) is 10.2 Å². The minimum atomic E-state index is -0.337. The highest BCUT2D eigenvalue weighted by Gasteiger charge is 2.36. The van der Waals surface area contributed by atoms with Gasteiger partial charge >= 0.3 is 0 Å². The first-order chi connectivity index (χ1) is 14.2. The zero-order valence-corrected chi connectivity index (χ0v) is 16.5. The summed E-state index contributed by atoms with van der Waals surface area (Å²) in [7, 11) is 0. The van der Waals surface area contributed by atoms with Crippen molar-refractivity contribution in [1.29, 1.82) is 5.26 Å². The Morgan fingerprint density at radius 2 is 2.34 bits per heavy atom. The number of rotatable bonds is 4. The maximum Gasteiger partial charge on any atom is 0.244 e. The second-order valence-corrected chi connectivity index (χ2v) is 8.04. The van der Waals surface area contributed by atoms with E-state index in [9.17, 15) is 5.26 Å². The van der Waals surface area contributed by atoms with Gasteiger partial charge in [0.05, 0.1) is 22.1 Å². The number of fused-ring (bicyclic) bond motifs is 2. The van der Waals surface area contributed by atoms with Crippen LogP contribution < -0.4 is 15.4 Å². The number of nitrogens with zero attached hydrogens (tertiary/aromatic N) is 3. The largest absolute Gasteiger partial charge is 0.420 e. The van der Waals surface area contributed by atoms with Gasteiger partial charge in [-0.05, 0) is 35.1 Å². The lowest BCUT2D eigenvalue weighted by Gasteiger charge is -2.25. The number of anilines is 1. The van der Waals surface area contributed by atoms with Crippen LogP contribution in [0.4, 0.5) is 5.69 Å². The van der Waals surface area contributed by atoms with Crippen molar-refractivity contribution in [2.45, 2.75) is 12.3 Å². The van der Waals surface area contributed by atoms with E-state index in [1.807, 2.05) is 23.6 Å². The summed E-state index contributed by atoms with van der Waals surface area (Å²) in [6.45, 7) is 5.64. The molecule has 1 atom stereocenters. The average molecular weight is 401 g/mol. The number of hydrogen-bond acceptors (Lipinski definition) is 6. The van der Waals surface area contributed by atoms with E-state index in [0.29, 0.717) is 11.5 Å². The van der Waals surface area contributed by atoms with Crippen LogP contribution >= 0.6 is 11.3 Å². The van der Waals surface area contributed by atoms with Crippen LogP contribution in [-0.2, 0) is 6.42 Å². The molecule has 29 heavy (non-hydrogen) atoms. The first-order valence-corrected chi connectivity index (χ1v) is 10.3. The molecule has 0 radical (unpaired) electrons. The maximum atomic E-state index is 9.89. The summed E-state index contributed by atoms with van der Waals surface area (Å²) >= 11 is 1.61. The molecular weight excluding hydrogens is 382 g/mol. The Bertz CT molecular complexity index is 1170. The van der Waals surface area contributed by atoms with E-state index < -0.39 is 0 Å². The topological polar surface area (TPSA) is 91.0 Å². The number of aromatic nitrogens is 2. The van der Waals surface area contributed by atoms with Crippen LogP contribution in [0.1, 0.15) is 22.6 Å². The first-order valence-electron chi connectivity index (χ1n) is 9.39. The Morgan fingerprint density at radius 1 is 1.45 bits per heavy atom. The van der Waals surface area contributed by atoms with Gasteiger partial charge in [-0.3, -0.25) is 5.10 Å². The van der Waals surface area contributed by atoms with E-state index in [1.165, 1.54) is 11.3 Å². The fraction of sp³-hybridized carbons (Fsp3) is 0.182. The second-order valence-electron chi connectivity index (χ2n) is 7.09. The molecule has 2 aliphatic heterocycles. The van der Waals surface area contributed by atoms with E-state index in [-0.39, 0.29) is 11.8 Å². The van der Waals surface area contributed by atoms with Crippen LogP contribution in [0.5, 0.6) is 5.88 Å². The highest BCUT2D eigenvalue weighted by molar-refractivity contribution is 7.13. The van der Waals surface area contributed by atoms with Crippen molar-refractivity contribution < 1.29 is 4.74 Å². The number of nitriles is 1. The molecule has 5 rings (SSSR count). The Hall–Kier alpha value is -3.50. The molecule has 0 fully saturated rings. The van der Waals surface area contributed by atoms with Crippen LogP contribution in [0.3, 0.4) is 0 Å². The van der Waals surface area contributed by atoms with Crippen molar-refractivity contribution in [3.05, 3.63) is 76.5 Å². The molecule has 0 amide bonds. The van der Waals surface area contributed by atoms with Gasteiger partial charge in [0.25, 0.3) is 0 Å². The van der Waals surface area contributed by atoms with Crippen LogP contribution in [-0.4, -0.2) is 23.3 Å². The van der Waals surface area contributed by atoms with Gasteiger partial charge in [-0.15, -0.1) is 23.0 Å². The summed E-state index contributed by atoms with van der Waals surface area (Å²) in [5, 5.41) is 19.3. The summed E-state index contributed by atoms with van der Waals surface area (Å²) in [6.07, 6.45) is 2.93. The minimum Gasteiger partial charge on any atom is -0.420 e. The monoisotopic (exact) mass is 401 g/mol. The van der Waals surface area contributed by atoms with Crippen LogP contribution in [0.25, 0.3) is 10.6 Å². The van der Waals surface area contributed by atoms with Crippen LogP contribution in [0.15, 0.2) is 59.8 Å². The Morgan fingerprint density at radius 3 is 3.10 bits per heavy atom. The fourth-order valence-electron chi connectivity index (χ4n) is 4.17. The number of allylic oxidation sites excluding steroid dienone is 1. The summed E-state index contributed by atoms with van der Waals surface area (Å²) in [5.74, 6) is 0.201. The molecule has 2 aromatic heterocycles. The van der Waals surface area contributed by atoms with E-state index in [0.717, 1.165) is 41.2 Å². The Kier molecular flexibility index (Phi) is 4.14. The number of aromatic amines is 1. The molecule has 0 saturated carbocycles. The third kappa shape index (κ3) is 2.72. The molecule has 3 aromatic rings. The number of hydrogen-bond donors (Lipinski definition) is 2. The molecule has 144 valence electrons. The first kappa shape index (κ1) is 17.6. The van der Waals surface area contributed by atoms with E-state index >= 15 is 0 Å². The second kappa shape index (κ2) is 6.83. The molecule has 4 heterocycles. The average Bonchev–Trinajstić information content (AvgIpc) is 3.46. The van der Waals surface area contributed by atoms with Crippen molar-refractivity contribution in [3.63, 3.8) is 0 Å². The molecule has 1 unspecified atom stereocenters. The van der Waals surface area contributed by atoms with Gasteiger partial charge in [-0.2, -0.15) is 5.26 Å². The van der Waals surface area contributed by atoms with Crippen molar-refractivity contribution >= 4 is 17.0 Å². The third-order valence-corrected chi connectivity index (χ3v) is 6.38. The van der Waals surface area contributed by atoms with E-state index in [1.54, 1.807) is 11.3 Å². The molecule has 0 aliphatic carbocycles. The maximum absolute atomic E-state index is 9.89. The van der Waals surface area contributed by atoms with Crippen LogP contribution in [0.2, 0.25) is 0 Å². The molecule has 0 saturated heterocycles. The lowest BCUT2D eigenvalue weighted by atomic mass is 9.83. The smallest absolute Gasteiger partial charge is 0.244 e. The standard InChI is InChI=1S/C22H19N5OS/c1-2-8-27-9-7-13-5-6-14(11-16(13)27)18-15(12-23)21(24)28-22-19(18)20(25-26-22)17-4-3-10-29-17/h2-6,10-11,18H,1,7-9,24H2,(H,25,26). The van der Waals surface area contributed by atoms with E-state index in [2.05, 4.69) is 45.9 Å². The summed E-state index contributed by atoms with van der Waals surface area (Å²) in [6, 6.07) is 12.7. The van der Waals surface area contributed by atoms with Crippen molar-refractivity contribution in [2.24, 2.45) is 5.73 Å². The number of thiophene rings is 1. The van der Waals surface area contributed by atoms with E-state index in [4.69, 9.17) is 10.5 Å². The molecule has 2 aliphatic rings. The number of nitrogens with one attached hydrogen (secondary N) is 1. The normalized spacial score (nSPS) is 17.5. The van der Waals surface area contributed by atoms with Gasteiger partial charge in [-0.25, -0.2) is 0 Å². The Balaban J connectivity index is 1.69. The molecule has 1 aromatic carbocycles. The summed E-state index contributed by atoms with van der Waals surface area (Å²) in [5.41, 5.74) is 11.7. The van der Waals surface area contributed by atoms with Gasteiger partial charge in [-0.1, -0.05) is 24.3 Å². The number of nitrogens with two attached hydrogens (primary N) is 1. The zero-order valence-electron chi connectivity index (χ0n) is 15.7. The van der Waals surface area contributed by atoms with Gasteiger partial charge < -0.3 is 15.4 Å². The van der Waals surface area contributed by atoms with Gasteiger partial charge in [0.2, 0.25) is 11.8 Å². The molecule has 7 heteroatoms. The number of ether oxygens (including phenoxy) is 1. The predicted octanol–water partition coefficient (Wildman–Crippen LogP) is 3.90. The molecule has 3 N–H and O–H groups in total. The molecular formula is C22H19N5OS.